The van der Waals surface area contributed by atoms with Gasteiger partial charge in [-0.2, -0.15) is 0 Å². The molecule has 0 spiro atoms. The summed E-state index contributed by atoms with van der Waals surface area (Å²) in [4.78, 5) is 23.5. The lowest BCUT2D eigenvalue weighted by atomic mass is 10.0. The van der Waals surface area contributed by atoms with Crippen LogP contribution in [-0.2, 0) is 19.0 Å². The Balaban J connectivity index is 1.96. The normalized spacial score (nSPS) is 16.9. The molecule has 0 bridgehead atoms. The summed E-state index contributed by atoms with van der Waals surface area (Å²) < 4.78 is 15.7. The Bertz CT molecular complexity index is 462. The van der Waals surface area contributed by atoms with Gasteiger partial charge >= 0.3 is 5.97 Å². The van der Waals surface area contributed by atoms with E-state index in [1.165, 1.54) is 7.11 Å². The molecule has 0 unspecified atom stereocenters. The Labute approximate surface area is 117 Å². The van der Waals surface area contributed by atoms with E-state index in [1.807, 2.05) is 18.2 Å². The van der Waals surface area contributed by atoms with Crippen molar-refractivity contribution in [1.29, 1.82) is 0 Å². The minimum Gasteiger partial charge on any atom is -0.469 e. The van der Waals surface area contributed by atoms with Crippen molar-refractivity contribution in [3.05, 3.63) is 35.9 Å². The highest BCUT2D eigenvalue weighted by atomic mass is 16.7. The summed E-state index contributed by atoms with van der Waals surface area (Å²) in [6.07, 6.45) is 0.613. The van der Waals surface area contributed by atoms with E-state index in [9.17, 15) is 9.59 Å². The lowest BCUT2D eigenvalue weighted by molar-refractivity contribution is -0.183. The molecule has 1 heterocycles. The molecule has 1 aliphatic heterocycles. The number of hydrogen-bond donors (Lipinski definition) is 0. The number of hydrogen-bond acceptors (Lipinski definition) is 5. The highest BCUT2D eigenvalue weighted by Crippen LogP contribution is 2.29. The third-order valence-electron chi connectivity index (χ3n) is 3.28. The SMILES string of the molecule is COC(=O)CC1(CCC(=O)c2ccccc2)OCCO1. The zero-order valence-electron chi connectivity index (χ0n) is 11.5. The Kier molecular flexibility index (Phi) is 4.87. The number of benzene rings is 1. The summed E-state index contributed by atoms with van der Waals surface area (Å²) in [6, 6.07) is 9.04. The van der Waals surface area contributed by atoms with Gasteiger partial charge in [0.05, 0.1) is 26.7 Å². The number of ketones is 1. The molecule has 20 heavy (non-hydrogen) atoms. The fourth-order valence-corrected chi connectivity index (χ4v) is 2.20. The number of methoxy groups -OCH3 is 1. The molecule has 0 aromatic heterocycles. The van der Waals surface area contributed by atoms with Crippen molar-refractivity contribution in [2.45, 2.75) is 25.0 Å². The fraction of sp³-hybridized carbons (Fsp3) is 0.467. The van der Waals surface area contributed by atoms with Crippen LogP contribution in [0.15, 0.2) is 30.3 Å². The second-order valence-corrected chi connectivity index (χ2v) is 4.65. The second kappa shape index (κ2) is 6.63. The predicted octanol–water partition coefficient (Wildman–Crippen LogP) is 1.96. The first kappa shape index (κ1) is 14.7. The van der Waals surface area contributed by atoms with Gasteiger partial charge in [-0.1, -0.05) is 30.3 Å². The average Bonchev–Trinajstić information content (AvgIpc) is 2.94. The number of ether oxygens (including phenoxy) is 3. The minimum absolute atomic E-state index is 0.00553. The number of carbonyl (C=O) groups is 2. The van der Waals surface area contributed by atoms with Crippen LogP contribution < -0.4 is 0 Å². The third-order valence-corrected chi connectivity index (χ3v) is 3.28. The molecule has 1 aromatic rings. The van der Waals surface area contributed by atoms with Gasteiger partial charge in [-0.25, -0.2) is 0 Å². The van der Waals surface area contributed by atoms with Crippen molar-refractivity contribution < 1.29 is 23.8 Å². The van der Waals surface area contributed by atoms with Crippen molar-refractivity contribution in [2.24, 2.45) is 0 Å². The van der Waals surface area contributed by atoms with Gasteiger partial charge in [0.1, 0.15) is 0 Å². The van der Waals surface area contributed by atoms with Gasteiger partial charge in [0, 0.05) is 18.4 Å². The van der Waals surface area contributed by atoms with Crippen LogP contribution in [-0.4, -0.2) is 37.9 Å². The topological polar surface area (TPSA) is 61.8 Å². The van der Waals surface area contributed by atoms with Crippen LogP contribution in [0.3, 0.4) is 0 Å². The molecule has 0 amide bonds. The fourth-order valence-electron chi connectivity index (χ4n) is 2.20. The average molecular weight is 278 g/mol. The Morgan fingerprint density at radius 1 is 1.20 bits per heavy atom. The maximum Gasteiger partial charge on any atom is 0.310 e. The summed E-state index contributed by atoms with van der Waals surface area (Å²) in [5.74, 6) is -1.41. The molecule has 0 aliphatic carbocycles. The van der Waals surface area contributed by atoms with Crippen molar-refractivity contribution in [3.63, 3.8) is 0 Å². The van der Waals surface area contributed by atoms with Crippen LogP contribution in [0.1, 0.15) is 29.6 Å². The molecule has 1 aliphatic rings. The smallest absolute Gasteiger partial charge is 0.310 e. The van der Waals surface area contributed by atoms with E-state index in [0.717, 1.165) is 0 Å². The molecular formula is C15H18O5. The van der Waals surface area contributed by atoms with Gasteiger partial charge in [-0.05, 0) is 0 Å². The van der Waals surface area contributed by atoms with E-state index in [1.54, 1.807) is 12.1 Å². The maximum absolute atomic E-state index is 12.1. The van der Waals surface area contributed by atoms with Crippen molar-refractivity contribution in [3.8, 4) is 0 Å². The summed E-state index contributed by atoms with van der Waals surface area (Å²) in [5.41, 5.74) is 0.652. The first-order chi connectivity index (χ1) is 9.65. The van der Waals surface area contributed by atoms with Crippen LogP contribution in [0.4, 0.5) is 0 Å². The highest BCUT2D eigenvalue weighted by molar-refractivity contribution is 5.96. The van der Waals surface area contributed by atoms with Gasteiger partial charge in [-0.15, -0.1) is 0 Å². The number of esters is 1. The van der Waals surface area contributed by atoms with Crippen LogP contribution in [0, 0.1) is 0 Å². The lowest BCUT2D eigenvalue weighted by Crippen LogP contribution is -2.34. The van der Waals surface area contributed by atoms with Gasteiger partial charge in [0.2, 0.25) is 0 Å². The molecule has 1 aromatic carbocycles. The van der Waals surface area contributed by atoms with Crippen LogP contribution >= 0.6 is 0 Å². The zero-order chi connectivity index (χ0) is 14.4. The molecule has 0 N–H and O–H groups in total. The van der Waals surface area contributed by atoms with Crippen LogP contribution in [0.2, 0.25) is 0 Å². The van der Waals surface area contributed by atoms with Gasteiger partial charge < -0.3 is 14.2 Å². The van der Waals surface area contributed by atoms with Crippen LogP contribution in [0.5, 0.6) is 0 Å². The Hall–Kier alpha value is -1.72. The van der Waals surface area contributed by atoms with E-state index in [2.05, 4.69) is 4.74 Å². The summed E-state index contributed by atoms with van der Waals surface area (Å²) in [7, 11) is 1.32. The van der Waals surface area contributed by atoms with Gasteiger partial charge in [0.15, 0.2) is 11.6 Å². The highest BCUT2D eigenvalue weighted by Gasteiger charge is 2.39. The summed E-state index contributed by atoms with van der Waals surface area (Å²) in [6.45, 7) is 0.854. The molecule has 0 saturated carbocycles. The quantitative estimate of drug-likeness (QED) is 0.588. The van der Waals surface area contributed by atoms with E-state index in [-0.39, 0.29) is 18.6 Å². The molecule has 5 nitrogen and oxygen atoms in total. The molecule has 0 atom stereocenters. The molecule has 0 radical (unpaired) electrons. The monoisotopic (exact) mass is 278 g/mol. The van der Waals surface area contributed by atoms with E-state index in [0.29, 0.717) is 25.2 Å². The van der Waals surface area contributed by atoms with Gasteiger partial charge in [0.25, 0.3) is 0 Å². The second-order valence-electron chi connectivity index (χ2n) is 4.65. The summed E-state index contributed by atoms with van der Waals surface area (Å²) in [5, 5.41) is 0. The molecule has 1 fully saturated rings. The number of rotatable bonds is 6. The Morgan fingerprint density at radius 2 is 1.85 bits per heavy atom. The van der Waals surface area contributed by atoms with E-state index < -0.39 is 11.8 Å². The first-order valence-electron chi connectivity index (χ1n) is 6.58. The maximum atomic E-state index is 12.1. The predicted molar refractivity (Wildman–Crippen MR) is 71.3 cm³/mol. The summed E-state index contributed by atoms with van der Waals surface area (Å²) >= 11 is 0. The standard InChI is InChI=1S/C15H18O5/c1-18-14(17)11-15(19-9-10-20-15)8-7-13(16)12-5-3-2-4-6-12/h2-6H,7-11H2,1H3. The van der Waals surface area contributed by atoms with Crippen LogP contribution in [0.25, 0.3) is 0 Å². The lowest BCUT2D eigenvalue weighted by Gasteiger charge is -2.25. The molecule has 2 rings (SSSR count). The molecule has 5 heteroatoms. The molecule has 108 valence electrons. The number of Topliss-reactive ketones (excluding diaryl/α,β-unsaturated/α-hetero) is 1. The third kappa shape index (κ3) is 3.65. The minimum atomic E-state index is -1.02. The molecular weight excluding hydrogens is 260 g/mol. The Morgan fingerprint density at radius 3 is 2.45 bits per heavy atom. The number of carbonyl (C=O) groups excluding carboxylic acids is 2. The first-order valence-corrected chi connectivity index (χ1v) is 6.58. The van der Waals surface area contributed by atoms with E-state index >= 15 is 0 Å². The largest absolute Gasteiger partial charge is 0.469 e. The van der Waals surface area contributed by atoms with Crippen molar-refractivity contribution >= 4 is 11.8 Å². The van der Waals surface area contributed by atoms with Gasteiger partial charge in [-0.3, -0.25) is 9.59 Å². The van der Waals surface area contributed by atoms with E-state index in [4.69, 9.17) is 9.47 Å². The molecule has 1 saturated heterocycles. The zero-order valence-corrected chi connectivity index (χ0v) is 11.5. The van der Waals surface area contributed by atoms with Crippen molar-refractivity contribution in [1.82, 2.24) is 0 Å². The van der Waals surface area contributed by atoms with Crippen molar-refractivity contribution in [2.75, 3.05) is 20.3 Å².